The predicted molar refractivity (Wildman–Crippen MR) is 50.4 cm³/mol. The molecule has 0 N–H and O–H groups in total. The molecule has 1 heteroatoms. The Bertz CT molecular complexity index is 385. The van der Waals surface area contributed by atoms with Crippen LogP contribution in [0.4, 0.5) is 0 Å². The molecule has 1 aromatic carbocycles. The lowest BCUT2D eigenvalue weighted by Crippen LogP contribution is -1.76. The molecule has 1 heterocycles. The molecule has 2 aromatic rings. The first kappa shape index (κ1) is 7.41. The minimum Gasteiger partial charge on any atom is -0.461 e. The number of rotatable bonds is 0. The van der Waals surface area contributed by atoms with Gasteiger partial charge in [0, 0.05) is 5.39 Å². The van der Waals surface area contributed by atoms with Crippen LogP contribution in [0.3, 0.4) is 0 Å². The van der Waals surface area contributed by atoms with E-state index < -0.39 is 0 Å². The average molecular weight is 160 g/mol. The third-order valence-corrected chi connectivity index (χ3v) is 2.22. The Morgan fingerprint density at radius 2 is 1.67 bits per heavy atom. The van der Waals surface area contributed by atoms with Gasteiger partial charge in [-0.3, -0.25) is 0 Å². The van der Waals surface area contributed by atoms with Crippen molar-refractivity contribution in [3.05, 3.63) is 35.1 Å². The van der Waals surface area contributed by atoms with E-state index in [2.05, 4.69) is 32.0 Å². The van der Waals surface area contributed by atoms with E-state index in [1.54, 1.807) is 0 Å². The molecule has 1 nitrogen and oxygen atoms in total. The molecule has 0 aliphatic heterocycles. The lowest BCUT2D eigenvalue weighted by molar-refractivity contribution is 0.576. The fraction of sp³-hybridized carbons (Fsp3) is 0.273. The molecule has 2 rings (SSSR count). The zero-order chi connectivity index (χ0) is 8.72. The highest BCUT2D eigenvalue weighted by molar-refractivity contribution is 5.84. The third kappa shape index (κ3) is 0.934. The van der Waals surface area contributed by atoms with Crippen molar-refractivity contribution < 1.29 is 4.42 Å². The van der Waals surface area contributed by atoms with Crippen molar-refractivity contribution in [3.63, 3.8) is 0 Å². The molecule has 0 aliphatic rings. The maximum absolute atomic E-state index is 5.58. The van der Waals surface area contributed by atoms with Gasteiger partial charge in [0.25, 0.3) is 0 Å². The van der Waals surface area contributed by atoms with Gasteiger partial charge in [0.15, 0.2) is 0 Å². The first-order valence-corrected chi connectivity index (χ1v) is 4.15. The Kier molecular flexibility index (Phi) is 1.47. The van der Waals surface area contributed by atoms with E-state index in [-0.39, 0.29) is 0 Å². The molecular formula is C11H12O. The van der Waals surface area contributed by atoms with Crippen molar-refractivity contribution in [2.45, 2.75) is 20.8 Å². The van der Waals surface area contributed by atoms with Crippen LogP contribution >= 0.6 is 0 Å². The van der Waals surface area contributed by atoms with Crippen molar-refractivity contribution in [1.29, 1.82) is 0 Å². The van der Waals surface area contributed by atoms with Crippen molar-refractivity contribution in [1.82, 2.24) is 0 Å². The molecular weight excluding hydrogens is 148 g/mol. The molecule has 1 aromatic heterocycles. The number of hydrogen-bond donors (Lipinski definition) is 0. The Morgan fingerprint density at radius 1 is 1.00 bits per heavy atom. The van der Waals surface area contributed by atoms with Crippen LogP contribution in [0.5, 0.6) is 0 Å². The lowest BCUT2D eigenvalue weighted by Gasteiger charge is -1.96. The second kappa shape index (κ2) is 2.37. The van der Waals surface area contributed by atoms with E-state index in [1.165, 1.54) is 16.5 Å². The van der Waals surface area contributed by atoms with Crippen LogP contribution in [0.2, 0.25) is 0 Å². The summed E-state index contributed by atoms with van der Waals surface area (Å²) >= 11 is 0. The number of aryl methyl sites for hydroxylation is 3. The molecule has 0 fully saturated rings. The number of hydrogen-bond acceptors (Lipinski definition) is 1. The highest BCUT2D eigenvalue weighted by atomic mass is 16.3. The summed E-state index contributed by atoms with van der Waals surface area (Å²) in [6.45, 7) is 6.17. The summed E-state index contributed by atoms with van der Waals surface area (Å²) in [4.78, 5) is 0. The summed E-state index contributed by atoms with van der Waals surface area (Å²) in [6.07, 6.45) is 0. The van der Waals surface area contributed by atoms with E-state index in [9.17, 15) is 0 Å². The average Bonchev–Trinajstić information content (AvgIpc) is 2.41. The van der Waals surface area contributed by atoms with Crippen LogP contribution < -0.4 is 0 Å². The quantitative estimate of drug-likeness (QED) is 0.576. The fourth-order valence-electron chi connectivity index (χ4n) is 1.52. The van der Waals surface area contributed by atoms with Crippen LogP contribution in [-0.2, 0) is 0 Å². The van der Waals surface area contributed by atoms with E-state index in [0.29, 0.717) is 0 Å². The fourth-order valence-corrected chi connectivity index (χ4v) is 1.52. The monoisotopic (exact) mass is 160 g/mol. The van der Waals surface area contributed by atoms with Gasteiger partial charge in [-0.25, -0.2) is 0 Å². The van der Waals surface area contributed by atoms with Gasteiger partial charge in [0.2, 0.25) is 0 Å². The molecule has 0 saturated carbocycles. The summed E-state index contributed by atoms with van der Waals surface area (Å²) in [6, 6.07) is 6.32. The van der Waals surface area contributed by atoms with Crippen LogP contribution in [0.15, 0.2) is 22.6 Å². The molecule has 0 aliphatic carbocycles. The summed E-state index contributed by atoms with van der Waals surface area (Å²) in [5.74, 6) is 0.988. The summed E-state index contributed by atoms with van der Waals surface area (Å²) in [5.41, 5.74) is 3.53. The van der Waals surface area contributed by atoms with Crippen LogP contribution in [-0.4, -0.2) is 0 Å². The van der Waals surface area contributed by atoms with Crippen LogP contribution in [0, 0.1) is 20.8 Å². The van der Waals surface area contributed by atoms with E-state index in [4.69, 9.17) is 4.42 Å². The lowest BCUT2D eigenvalue weighted by atomic mass is 10.1. The zero-order valence-electron chi connectivity index (χ0n) is 7.64. The van der Waals surface area contributed by atoms with Crippen molar-refractivity contribution in [3.8, 4) is 0 Å². The van der Waals surface area contributed by atoms with Gasteiger partial charge in [-0.15, -0.1) is 0 Å². The van der Waals surface area contributed by atoms with Crippen LogP contribution in [0.25, 0.3) is 11.0 Å². The molecule has 0 radical (unpaired) electrons. The van der Waals surface area contributed by atoms with Crippen molar-refractivity contribution in [2.75, 3.05) is 0 Å². The van der Waals surface area contributed by atoms with Gasteiger partial charge < -0.3 is 4.42 Å². The van der Waals surface area contributed by atoms with Crippen molar-refractivity contribution in [2.24, 2.45) is 0 Å². The molecule has 12 heavy (non-hydrogen) atoms. The second-order valence-corrected chi connectivity index (χ2v) is 3.30. The van der Waals surface area contributed by atoms with Gasteiger partial charge in [-0.2, -0.15) is 0 Å². The molecule has 0 amide bonds. The summed E-state index contributed by atoms with van der Waals surface area (Å²) in [7, 11) is 0. The van der Waals surface area contributed by atoms with Gasteiger partial charge in [0.1, 0.15) is 11.3 Å². The Balaban J connectivity index is 2.93. The maximum Gasteiger partial charge on any atom is 0.137 e. The highest BCUT2D eigenvalue weighted by Gasteiger charge is 2.04. The molecule has 0 saturated heterocycles. The summed E-state index contributed by atoms with van der Waals surface area (Å²) in [5, 5.41) is 1.24. The number of benzene rings is 1. The third-order valence-electron chi connectivity index (χ3n) is 2.22. The standard InChI is InChI=1S/C11H12O/c1-7-4-5-8(2)11-10(7)6-9(3)12-11/h4-6H,1-3H3. The molecule has 0 spiro atoms. The predicted octanol–water partition coefficient (Wildman–Crippen LogP) is 3.36. The van der Waals surface area contributed by atoms with E-state index in [0.717, 1.165) is 11.3 Å². The second-order valence-electron chi connectivity index (χ2n) is 3.30. The molecule has 0 bridgehead atoms. The Morgan fingerprint density at radius 3 is 2.33 bits per heavy atom. The van der Waals surface area contributed by atoms with Gasteiger partial charge in [-0.1, -0.05) is 12.1 Å². The summed E-state index contributed by atoms with van der Waals surface area (Å²) < 4.78 is 5.58. The SMILES string of the molecule is Cc1cc2c(C)ccc(C)c2o1. The first-order valence-electron chi connectivity index (χ1n) is 4.15. The zero-order valence-corrected chi connectivity index (χ0v) is 7.64. The largest absolute Gasteiger partial charge is 0.461 e. The minimum atomic E-state index is 0.988. The van der Waals surface area contributed by atoms with Gasteiger partial charge in [0.05, 0.1) is 0 Å². The van der Waals surface area contributed by atoms with E-state index in [1.807, 2.05) is 6.92 Å². The minimum absolute atomic E-state index is 0.988. The van der Waals surface area contributed by atoms with Crippen LogP contribution in [0.1, 0.15) is 16.9 Å². The molecule has 0 atom stereocenters. The normalized spacial score (nSPS) is 10.9. The maximum atomic E-state index is 5.58. The van der Waals surface area contributed by atoms with Crippen molar-refractivity contribution >= 4 is 11.0 Å². The molecule has 0 unspecified atom stereocenters. The van der Waals surface area contributed by atoms with E-state index >= 15 is 0 Å². The number of fused-ring (bicyclic) bond motifs is 1. The Hall–Kier alpha value is -1.24. The topological polar surface area (TPSA) is 13.1 Å². The highest BCUT2D eigenvalue weighted by Crippen LogP contribution is 2.25. The number of furan rings is 1. The smallest absolute Gasteiger partial charge is 0.137 e. The van der Waals surface area contributed by atoms with Gasteiger partial charge >= 0.3 is 0 Å². The Labute approximate surface area is 72.0 Å². The molecule has 62 valence electrons. The first-order chi connectivity index (χ1) is 5.68. The van der Waals surface area contributed by atoms with Gasteiger partial charge in [-0.05, 0) is 38.0 Å².